The molecule has 18 nitrogen and oxygen atoms in total. The maximum atomic E-state index is 12.3. The molecule has 4 N–H and O–H groups in total. The zero-order valence-corrected chi connectivity index (χ0v) is 34.3. The number of benzene rings is 8. The molecule has 8 aromatic carbocycles. The lowest BCUT2D eigenvalue weighted by atomic mass is 10.1. The van der Waals surface area contributed by atoms with Gasteiger partial charge in [-0.25, -0.2) is 0 Å². The molecule has 0 fully saturated rings. The van der Waals surface area contributed by atoms with Crippen LogP contribution < -0.4 is 0 Å². The van der Waals surface area contributed by atoms with Gasteiger partial charge in [-0.05, 0) is 77.5 Å². The molecular formula is C40H26N6O12S4. The number of azo groups is 3. The fourth-order valence-corrected chi connectivity index (χ4v) is 9.27. The van der Waals surface area contributed by atoms with Gasteiger partial charge in [0.15, 0.2) is 0 Å². The molecule has 0 atom stereocenters. The number of nitrogens with zero attached hydrogens (tertiary/aromatic N) is 6. The Kier molecular flexibility index (Phi) is 10.6. The van der Waals surface area contributed by atoms with Crippen molar-refractivity contribution in [3.63, 3.8) is 0 Å². The van der Waals surface area contributed by atoms with Gasteiger partial charge in [-0.2, -0.15) is 38.8 Å². The molecule has 312 valence electrons. The Hall–Kier alpha value is -6.76. The van der Waals surface area contributed by atoms with Crippen LogP contribution >= 0.6 is 0 Å². The topological polar surface area (TPSA) is 292 Å². The van der Waals surface area contributed by atoms with Crippen LogP contribution in [0.5, 0.6) is 0 Å². The minimum atomic E-state index is -4.90. The molecule has 0 heterocycles. The lowest BCUT2D eigenvalue weighted by Gasteiger charge is -2.09. The van der Waals surface area contributed by atoms with E-state index in [1.165, 1.54) is 54.6 Å². The van der Waals surface area contributed by atoms with E-state index >= 15 is 0 Å². The predicted molar refractivity (Wildman–Crippen MR) is 228 cm³/mol. The maximum Gasteiger partial charge on any atom is 0.296 e. The van der Waals surface area contributed by atoms with E-state index in [4.69, 9.17) is 0 Å². The summed E-state index contributed by atoms with van der Waals surface area (Å²) >= 11 is 0. The van der Waals surface area contributed by atoms with Gasteiger partial charge in [-0.3, -0.25) is 18.2 Å². The monoisotopic (exact) mass is 910 g/mol. The Bertz CT molecular complexity index is 3770. The third-order valence-corrected chi connectivity index (χ3v) is 13.0. The van der Waals surface area contributed by atoms with Gasteiger partial charge in [0.05, 0.1) is 33.3 Å². The summed E-state index contributed by atoms with van der Waals surface area (Å²) in [5, 5.41) is 27.7. The molecular weight excluding hydrogens is 885 g/mol. The van der Waals surface area contributed by atoms with Gasteiger partial charge in [-0.1, -0.05) is 66.7 Å². The summed E-state index contributed by atoms with van der Waals surface area (Å²) in [6, 6.07) is 31.6. The predicted octanol–water partition coefficient (Wildman–Crippen LogP) is 10.5. The molecule has 0 unspecified atom stereocenters. The standard InChI is InChI=1S/C40H26N6O12S4/c47-59(48,49)26-12-13-29-31(22-26)36(45-46-37-18-23-6-1-2-7-24(23)19-40(37)62(56,57)58)17-16-35(29)44-43-34-15-14-33(27-8-3-4-9-28(27)34)42-41-25-20-32-30(39(21-25)61(53,54)55)10-5-11-38(32)60(50,51)52/h1-22H,(H,47,48,49)(H,50,51,52)(H,53,54,55)(H,56,57,58). The summed E-state index contributed by atoms with van der Waals surface area (Å²) in [6.45, 7) is 0. The third-order valence-electron chi connectivity index (χ3n) is 9.49. The first-order valence-electron chi connectivity index (χ1n) is 17.6. The molecule has 0 aromatic heterocycles. The van der Waals surface area contributed by atoms with Crippen molar-refractivity contribution in [3.05, 3.63) is 133 Å². The molecule has 0 bridgehead atoms. The number of rotatable bonds is 10. The van der Waals surface area contributed by atoms with Crippen LogP contribution in [0, 0.1) is 0 Å². The molecule has 0 aliphatic heterocycles. The minimum absolute atomic E-state index is 0.0448. The average Bonchev–Trinajstić information content (AvgIpc) is 3.22. The van der Waals surface area contributed by atoms with Gasteiger partial charge in [-0.15, -0.1) is 25.6 Å². The molecule has 22 heteroatoms. The van der Waals surface area contributed by atoms with Gasteiger partial charge < -0.3 is 0 Å². The summed E-state index contributed by atoms with van der Waals surface area (Å²) in [6.07, 6.45) is 0. The molecule has 0 aliphatic carbocycles. The van der Waals surface area contributed by atoms with E-state index in [2.05, 4.69) is 30.7 Å². The summed E-state index contributed by atoms with van der Waals surface area (Å²) in [5.74, 6) is 0. The van der Waals surface area contributed by atoms with Gasteiger partial charge in [0.1, 0.15) is 20.4 Å². The Balaban J connectivity index is 1.19. The third kappa shape index (κ3) is 8.44. The Morgan fingerprint density at radius 3 is 1.32 bits per heavy atom. The fourth-order valence-electron chi connectivity index (χ4n) is 6.70. The second-order valence-electron chi connectivity index (χ2n) is 13.4. The van der Waals surface area contributed by atoms with Gasteiger partial charge in [0.25, 0.3) is 40.5 Å². The largest absolute Gasteiger partial charge is 0.296 e. The second-order valence-corrected chi connectivity index (χ2v) is 19.0. The van der Waals surface area contributed by atoms with E-state index in [1.807, 2.05) is 0 Å². The summed E-state index contributed by atoms with van der Waals surface area (Å²) in [7, 11) is -19.2. The van der Waals surface area contributed by atoms with E-state index in [-0.39, 0.29) is 44.6 Å². The average molecular weight is 911 g/mol. The molecule has 0 aliphatic rings. The molecule has 8 aromatic rings. The smallest absolute Gasteiger partial charge is 0.282 e. The molecule has 0 saturated carbocycles. The first-order valence-corrected chi connectivity index (χ1v) is 23.3. The highest BCUT2D eigenvalue weighted by Gasteiger charge is 2.22. The minimum Gasteiger partial charge on any atom is -0.282 e. The van der Waals surface area contributed by atoms with Crippen LogP contribution in [-0.2, 0) is 40.5 Å². The van der Waals surface area contributed by atoms with Crippen LogP contribution in [0.3, 0.4) is 0 Å². The van der Waals surface area contributed by atoms with Crippen molar-refractivity contribution < 1.29 is 51.9 Å². The number of hydrogen-bond donors (Lipinski definition) is 4. The molecule has 0 saturated heterocycles. The molecule has 8 rings (SSSR count). The lowest BCUT2D eigenvalue weighted by molar-refractivity contribution is 0.481. The van der Waals surface area contributed by atoms with E-state index in [0.29, 0.717) is 32.6 Å². The molecule has 0 amide bonds. The summed E-state index contributed by atoms with van der Waals surface area (Å²) in [4.78, 5) is -2.27. The van der Waals surface area contributed by atoms with Crippen LogP contribution in [0.2, 0.25) is 0 Å². The maximum absolute atomic E-state index is 12.3. The van der Waals surface area contributed by atoms with E-state index < -0.39 is 60.1 Å². The molecule has 0 spiro atoms. The van der Waals surface area contributed by atoms with E-state index in [9.17, 15) is 51.9 Å². The van der Waals surface area contributed by atoms with Crippen molar-refractivity contribution in [2.24, 2.45) is 30.7 Å². The van der Waals surface area contributed by atoms with Gasteiger partial charge in [0.2, 0.25) is 0 Å². The quantitative estimate of drug-likeness (QED) is 0.0736. The first kappa shape index (κ1) is 42.0. The lowest BCUT2D eigenvalue weighted by Crippen LogP contribution is -2.03. The highest BCUT2D eigenvalue weighted by molar-refractivity contribution is 7.87. The van der Waals surface area contributed by atoms with Crippen molar-refractivity contribution in [1.29, 1.82) is 0 Å². The molecule has 0 radical (unpaired) electrons. The van der Waals surface area contributed by atoms with Crippen molar-refractivity contribution in [3.8, 4) is 0 Å². The Labute approximate surface area is 351 Å². The van der Waals surface area contributed by atoms with Crippen LogP contribution in [-0.4, -0.2) is 51.9 Å². The first-order chi connectivity index (χ1) is 29.3. The SMILES string of the molecule is O=S(=O)(O)c1ccc2c(N=Nc3ccc(N=Nc4cc(S(=O)(=O)O)c5cccc(S(=O)(=O)O)c5c4)c4ccccc34)ccc(N=Nc3cc4ccccc4cc3S(=O)(=O)O)c2c1. The van der Waals surface area contributed by atoms with Crippen molar-refractivity contribution >= 4 is 118 Å². The van der Waals surface area contributed by atoms with Gasteiger partial charge in [0, 0.05) is 32.3 Å². The van der Waals surface area contributed by atoms with E-state index in [0.717, 1.165) is 24.3 Å². The highest BCUT2D eigenvalue weighted by Crippen LogP contribution is 2.41. The van der Waals surface area contributed by atoms with Crippen LogP contribution in [0.15, 0.2) is 184 Å². The summed E-state index contributed by atoms with van der Waals surface area (Å²) in [5.41, 5.74) is 0.485. The zero-order chi connectivity index (χ0) is 44.2. The summed E-state index contributed by atoms with van der Waals surface area (Å²) < 4.78 is 137. The fraction of sp³-hybridized carbons (Fsp3) is 0. The van der Waals surface area contributed by atoms with Crippen molar-refractivity contribution in [2.75, 3.05) is 0 Å². The van der Waals surface area contributed by atoms with Gasteiger partial charge >= 0.3 is 0 Å². The number of hydrogen-bond acceptors (Lipinski definition) is 14. The zero-order valence-electron chi connectivity index (χ0n) is 31.1. The van der Waals surface area contributed by atoms with E-state index in [1.54, 1.807) is 54.6 Å². The highest BCUT2D eigenvalue weighted by atomic mass is 32.2. The Morgan fingerprint density at radius 1 is 0.306 bits per heavy atom. The van der Waals surface area contributed by atoms with Crippen LogP contribution in [0.1, 0.15) is 0 Å². The normalized spacial score (nSPS) is 13.2. The second kappa shape index (κ2) is 15.6. The Morgan fingerprint density at radius 2 is 0.774 bits per heavy atom. The van der Waals surface area contributed by atoms with Crippen molar-refractivity contribution in [2.45, 2.75) is 19.6 Å². The number of fused-ring (bicyclic) bond motifs is 4. The van der Waals surface area contributed by atoms with Crippen molar-refractivity contribution in [1.82, 2.24) is 0 Å². The van der Waals surface area contributed by atoms with Crippen LogP contribution in [0.4, 0.5) is 34.1 Å². The molecule has 62 heavy (non-hydrogen) atoms. The van der Waals surface area contributed by atoms with Crippen LogP contribution in [0.25, 0.3) is 43.1 Å².